The molecule has 5 aromatic heterocycles. The van der Waals surface area contributed by atoms with Gasteiger partial charge in [0.15, 0.2) is 22.6 Å². The first-order valence-corrected chi connectivity index (χ1v) is 36.4. The van der Waals surface area contributed by atoms with Gasteiger partial charge in [0.1, 0.15) is 23.6 Å². The summed E-state index contributed by atoms with van der Waals surface area (Å²) in [6.07, 6.45) is 13.9. The van der Waals surface area contributed by atoms with Gasteiger partial charge in [-0.1, -0.05) is 88.8 Å². The molecule has 7 aromatic rings. The maximum absolute atomic E-state index is 15.9. The number of fused-ring (bicyclic) bond motifs is 2. The van der Waals surface area contributed by atoms with Crippen molar-refractivity contribution in [2.24, 2.45) is 33.5 Å². The number of nitrogens with zero attached hydrogens (tertiary/aromatic N) is 10. The number of benzene rings is 2. The highest BCUT2D eigenvalue weighted by molar-refractivity contribution is 7.22. The van der Waals surface area contributed by atoms with Crippen molar-refractivity contribution in [3.05, 3.63) is 106 Å². The fourth-order valence-electron chi connectivity index (χ4n) is 18.8. The molecular weight excluding hydrogens is 1230 g/mol. The van der Waals surface area contributed by atoms with E-state index in [1.54, 1.807) is 22.7 Å². The number of carbonyl (C=O) groups excluding carboxylic acids is 4. The smallest absolute Gasteiger partial charge is 0.246 e. The maximum Gasteiger partial charge on any atom is 0.246 e. The average molecular weight is 1320 g/mol. The number of anilines is 4. The van der Waals surface area contributed by atoms with Crippen molar-refractivity contribution in [3.63, 3.8) is 0 Å². The molecule has 3 unspecified atom stereocenters. The Kier molecular flexibility index (Phi) is 17.5. The zero-order valence-corrected chi connectivity index (χ0v) is 58.4. The molecule has 19 nitrogen and oxygen atoms in total. The van der Waals surface area contributed by atoms with Gasteiger partial charge in [0.05, 0.1) is 56.8 Å². The van der Waals surface area contributed by atoms with Crippen LogP contribution in [-0.2, 0) is 32.1 Å². The Hall–Kier alpha value is -7.04. The van der Waals surface area contributed by atoms with Gasteiger partial charge in [0.2, 0.25) is 17.7 Å². The van der Waals surface area contributed by atoms with E-state index in [0.717, 1.165) is 124 Å². The molecule has 21 heteroatoms. The monoisotopic (exact) mass is 1320 g/mol. The number of hydrogen-bond acceptors (Lipinski definition) is 17. The summed E-state index contributed by atoms with van der Waals surface area (Å²) in [4.78, 5) is 81.8. The molecule has 4 bridgehead atoms. The van der Waals surface area contributed by atoms with Gasteiger partial charge in [-0.25, -0.2) is 15.0 Å². The zero-order chi connectivity index (χ0) is 66.3. The van der Waals surface area contributed by atoms with E-state index < -0.39 is 41.3 Å². The molecule has 2 saturated heterocycles. The van der Waals surface area contributed by atoms with E-state index in [2.05, 4.69) is 69.2 Å². The number of β-amino-alcohol motifs (C(OH)–C–C–N with tert-alkyl or cyclic N) is 1. The van der Waals surface area contributed by atoms with Gasteiger partial charge >= 0.3 is 0 Å². The lowest BCUT2D eigenvalue weighted by atomic mass is 9.39. The highest BCUT2D eigenvalue weighted by Gasteiger charge is 2.66. The summed E-state index contributed by atoms with van der Waals surface area (Å²) in [5.74, 6) is -0.463. The fraction of sp³-hybridized carbons (Fsp3) is 0.568. The zero-order valence-electron chi connectivity index (χ0n) is 56.7. The molecular formula is C74H93N13O6S2. The lowest BCUT2D eigenvalue weighted by Crippen LogP contribution is -2.64. The quantitative estimate of drug-likeness (QED) is 0.0552. The first-order chi connectivity index (χ1) is 45.4. The Morgan fingerprint density at radius 2 is 1.57 bits per heavy atom. The number of aliphatic hydroxyl groups is 1. The number of likely N-dealkylation sites (tertiary alicyclic amines) is 2. The molecule has 3 amide bonds. The third-order valence-electron chi connectivity index (χ3n) is 22.3. The van der Waals surface area contributed by atoms with Gasteiger partial charge in [-0.15, -0.1) is 21.5 Å². The Morgan fingerprint density at radius 1 is 0.811 bits per heavy atom. The van der Waals surface area contributed by atoms with Gasteiger partial charge in [0, 0.05) is 72.4 Å². The summed E-state index contributed by atoms with van der Waals surface area (Å²) in [5, 5.41) is 36.4. The Labute approximate surface area is 566 Å². The number of pyridine rings is 1. The van der Waals surface area contributed by atoms with E-state index in [1.165, 1.54) is 37.3 Å². The van der Waals surface area contributed by atoms with Crippen LogP contribution >= 0.6 is 22.7 Å². The number of thiazole rings is 2. The van der Waals surface area contributed by atoms with E-state index in [0.29, 0.717) is 54.5 Å². The topological polar surface area (TPSA) is 226 Å². The number of rotatable bonds is 19. The predicted octanol–water partition coefficient (Wildman–Crippen LogP) is 12.8. The van der Waals surface area contributed by atoms with Crippen LogP contribution in [0, 0.1) is 54.3 Å². The van der Waals surface area contributed by atoms with Gasteiger partial charge in [-0.2, -0.15) is 5.10 Å². The van der Waals surface area contributed by atoms with Crippen molar-refractivity contribution in [3.8, 4) is 21.6 Å². The van der Waals surface area contributed by atoms with E-state index in [4.69, 9.17) is 30.0 Å². The van der Waals surface area contributed by atoms with Crippen molar-refractivity contribution >= 4 is 79.0 Å². The van der Waals surface area contributed by atoms with Gasteiger partial charge in [-0.05, 0) is 181 Å². The highest BCUT2D eigenvalue weighted by atomic mass is 32.1. The molecule has 7 fully saturated rings. The summed E-state index contributed by atoms with van der Waals surface area (Å²) < 4.78 is 10.5. The second-order valence-corrected chi connectivity index (χ2v) is 33.1. The normalized spacial score (nSPS) is 27.2. The van der Waals surface area contributed by atoms with Gasteiger partial charge < -0.3 is 40.5 Å². The number of ketones is 1. The molecule has 15 rings (SSSR count). The van der Waals surface area contributed by atoms with Crippen LogP contribution in [0.3, 0.4) is 0 Å². The SMILES string of the molecule is Cc1ncsc1-c1ccc([C@H](C)NC(=O)[C@@H]2C[C@@H](O)CN2C(=O)[C@@H](NC(=O)[C@H]2CCCC(C(=O)c3nc(N4CCCc5c4nnc(Nc4nc6ccccc6s4)c5C)ccc3-c3cnn(CC45CC6(C)CC(C)(C4)CC(OCCN4CCCC4)(C6)C5)c3C)C2)C(C)(C)C)cc1. The van der Waals surface area contributed by atoms with Crippen molar-refractivity contribution in [2.45, 2.75) is 195 Å². The Bertz CT molecular complexity index is 4020. The molecule has 5 saturated carbocycles. The summed E-state index contributed by atoms with van der Waals surface area (Å²) in [7, 11) is 0. The summed E-state index contributed by atoms with van der Waals surface area (Å²) in [5.41, 5.74) is 9.98. The molecule has 8 heterocycles. The van der Waals surface area contributed by atoms with Crippen LogP contribution in [0.4, 0.5) is 22.6 Å². The molecule has 0 spiro atoms. The highest BCUT2D eigenvalue weighted by Crippen LogP contribution is 2.72. The van der Waals surface area contributed by atoms with Crippen LogP contribution in [0.15, 0.2) is 72.4 Å². The van der Waals surface area contributed by atoms with Gasteiger partial charge in [-0.3, -0.25) is 23.9 Å². The lowest BCUT2D eigenvalue weighted by Gasteiger charge is -2.69. The summed E-state index contributed by atoms with van der Waals surface area (Å²) >= 11 is 3.15. The number of amides is 3. The molecule has 8 atom stereocenters. The number of hydrogen-bond donors (Lipinski definition) is 4. The molecule has 4 N–H and O–H groups in total. The predicted molar refractivity (Wildman–Crippen MR) is 372 cm³/mol. The minimum Gasteiger partial charge on any atom is -0.391 e. The molecule has 502 valence electrons. The number of aromatic nitrogens is 7. The molecule has 2 aromatic carbocycles. The number of aliphatic hydroxyl groups excluding tert-OH is 1. The number of ether oxygens (including phenoxy) is 1. The number of carbonyl (C=O) groups is 4. The van der Waals surface area contributed by atoms with Crippen LogP contribution in [0.2, 0.25) is 0 Å². The van der Waals surface area contributed by atoms with Crippen LogP contribution in [0.5, 0.6) is 0 Å². The van der Waals surface area contributed by atoms with Crippen LogP contribution in [0.1, 0.15) is 176 Å². The molecule has 0 radical (unpaired) electrons. The second-order valence-electron chi connectivity index (χ2n) is 31.2. The first kappa shape index (κ1) is 65.3. The largest absolute Gasteiger partial charge is 0.391 e. The van der Waals surface area contributed by atoms with Crippen molar-refractivity contribution in [2.75, 3.05) is 49.5 Å². The molecule has 5 aliphatic carbocycles. The summed E-state index contributed by atoms with van der Waals surface area (Å²) in [6.45, 7) is 24.2. The van der Waals surface area contributed by atoms with Crippen LogP contribution < -0.4 is 20.9 Å². The van der Waals surface area contributed by atoms with Crippen molar-refractivity contribution in [1.82, 2.24) is 55.4 Å². The first-order valence-electron chi connectivity index (χ1n) is 34.7. The molecule has 3 aliphatic heterocycles. The molecule has 95 heavy (non-hydrogen) atoms. The minimum atomic E-state index is -1.03. The number of nitrogens with one attached hydrogen (secondary N) is 3. The Balaban J connectivity index is 0.726. The third kappa shape index (κ3) is 13.0. The number of para-hydroxylation sites is 1. The fourth-order valence-corrected chi connectivity index (χ4v) is 20.5. The number of aryl methyl sites for hydroxylation is 1. The lowest BCUT2D eigenvalue weighted by molar-refractivity contribution is -0.248. The second kappa shape index (κ2) is 25.4. The minimum absolute atomic E-state index is 0.000808. The summed E-state index contributed by atoms with van der Waals surface area (Å²) in [6, 6.07) is 17.8. The van der Waals surface area contributed by atoms with E-state index >= 15 is 4.79 Å². The van der Waals surface area contributed by atoms with E-state index in [-0.39, 0.29) is 64.9 Å². The third-order valence-corrected chi connectivity index (χ3v) is 24.2. The van der Waals surface area contributed by atoms with E-state index in [1.807, 2.05) is 101 Å². The maximum atomic E-state index is 15.9. The van der Waals surface area contributed by atoms with Crippen molar-refractivity contribution < 1.29 is 29.0 Å². The van der Waals surface area contributed by atoms with Crippen molar-refractivity contribution in [1.29, 1.82) is 0 Å². The standard InChI is InChI=1S/C74H93N13O6S2/c1-44-53-18-15-29-85(65(53)83-82-64(44)81-69-78-56-19-10-11-20-58(56)95-69)59-26-25-54(55-34-76-87(47(55)4)42-73-37-71(8)36-72(9,38-73)40-74(39-71,41-73)93-31-30-84-27-12-13-28-84)60(79-59)61(89)50-16-14-17-51(32-50)66(90)80-63(70(5,6)7)68(92)86-35-52(88)33-57(86)67(91)77-45(2)48-21-23-49(24-22-48)62-46(3)75-43-94-62/h10-11,19-26,34,43,45,50-52,57,63,88H,12-18,27-33,35-42H2,1-9H3,(H,77,91)(H,80,90)(H,78,81,82)/t45-,50?,51-,52+,57-,63+,71?,72?,73?,74?/m0/s1. The average Bonchev–Trinajstić information content (AvgIpc) is 1.13. The molecule has 8 aliphatic rings. The number of Topliss-reactive ketones (excluding diaryl/α,β-unsaturated/α-hetero) is 1. The Morgan fingerprint density at radius 3 is 2.31 bits per heavy atom. The van der Waals surface area contributed by atoms with Crippen LogP contribution in [0.25, 0.3) is 31.8 Å². The van der Waals surface area contributed by atoms with E-state index in [9.17, 15) is 19.5 Å². The van der Waals surface area contributed by atoms with Gasteiger partial charge in [0.25, 0.3) is 0 Å². The van der Waals surface area contributed by atoms with Crippen LogP contribution in [-0.4, -0.2) is 136 Å².